The molecule has 0 aromatic carbocycles. The van der Waals surface area contributed by atoms with Crippen LogP contribution in [0.1, 0.15) is 40.0 Å². The molecule has 0 heterocycles. The van der Waals surface area contributed by atoms with E-state index >= 15 is 0 Å². The SMILES string of the molecule is CC12CCC(C1)C(C)(C)C2N/C=C/C(=O)O. The molecule has 2 fully saturated rings. The summed E-state index contributed by atoms with van der Waals surface area (Å²) in [4.78, 5) is 10.4. The maximum absolute atomic E-state index is 10.4. The van der Waals surface area contributed by atoms with Crippen LogP contribution in [0.5, 0.6) is 0 Å². The number of nitrogens with one attached hydrogen (secondary N) is 1. The van der Waals surface area contributed by atoms with Gasteiger partial charge in [0.05, 0.1) is 0 Å². The summed E-state index contributed by atoms with van der Waals surface area (Å²) in [5.74, 6) is -0.105. The highest BCUT2D eigenvalue weighted by Crippen LogP contribution is 2.62. The van der Waals surface area contributed by atoms with Crippen LogP contribution in [-0.4, -0.2) is 17.1 Å². The fourth-order valence-corrected chi connectivity index (χ4v) is 3.93. The first-order valence-electron chi connectivity index (χ1n) is 6.02. The van der Waals surface area contributed by atoms with E-state index in [4.69, 9.17) is 5.11 Å². The van der Waals surface area contributed by atoms with Crippen molar-refractivity contribution in [3.05, 3.63) is 12.3 Å². The number of aliphatic carboxylic acids is 1. The lowest BCUT2D eigenvalue weighted by molar-refractivity contribution is -0.131. The van der Waals surface area contributed by atoms with Gasteiger partial charge in [-0.05, 0) is 36.0 Å². The Balaban J connectivity index is 2.11. The smallest absolute Gasteiger partial charge is 0.329 e. The van der Waals surface area contributed by atoms with Crippen LogP contribution in [0, 0.1) is 16.7 Å². The summed E-state index contributed by atoms with van der Waals surface area (Å²) in [6.45, 7) is 6.93. The number of hydrogen-bond acceptors (Lipinski definition) is 2. The number of rotatable bonds is 3. The van der Waals surface area contributed by atoms with E-state index in [0.29, 0.717) is 11.5 Å². The van der Waals surface area contributed by atoms with Crippen LogP contribution in [0.3, 0.4) is 0 Å². The number of hydrogen-bond donors (Lipinski definition) is 2. The second-order valence-corrected chi connectivity index (χ2v) is 6.19. The van der Waals surface area contributed by atoms with Gasteiger partial charge in [-0.25, -0.2) is 4.79 Å². The lowest BCUT2D eigenvalue weighted by atomic mass is 9.68. The minimum absolute atomic E-state index is 0.274. The molecule has 2 bridgehead atoms. The van der Waals surface area contributed by atoms with Gasteiger partial charge in [-0.2, -0.15) is 0 Å². The van der Waals surface area contributed by atoms with Crippen molar-refractivity contribution in [1.29, 1.82) is 0 Å². The van der Waals surface area contributed by atoms with Crippen molar-refractivity contribution in [3.8, 4) is 0 Å². The molecule has 90 valence electrons. The molecule has 2 rings (SSSR count). The molecule has 3 unspecified atom stereocenters. The van der Waals surface area contributed by atoms with Gasteiger partial charge in [-0.3, -0.25) is 0 Å². The van der Waals surface area contributed by atoms with Gasteiger partial charge in [0.2, 0.25) is 0 Å². The predicted molar refractivity (Wildman–Crippen MR) is 62.9 cm³/mol. The van der Waals surface area contributed by atoms with Gasteiger partial charge >= 0.3 is 5.97 Å². The summed E-state index contributed by atoms with van der Waals surface area (Å²) in [5.41, 5.74) is 0.618. The summed E-state index contributed by atoms with van der Waals surface area (Å²) >= 11 is 0. The summed E-state index contributed by atoms with van der Waals surface area (Å²) in [5, 5.41) is 11.9. The third kappa shape index (κ3) is 1.62. The van der Waals surface area contributed by atoms with E-state index in [1.165, 1.54) is 25.3 Å². The molecule has 0 amide bonds. The van der Waals surface area contributed by atoms with Gasteiger partial charge in [-0.15, -0.1) is 0 Å². The van der Waals surface area contributed by atoms with Gasteiger partial charge in [0, 0.05) is 18.3 Å². The molecule has 2 aliphatic rings. The Bertz CT molecular complexity index is 330. The normalized spacial score (nSPS) is 40.4. The zero-order valence-corrected chi connectivity index (χ0v) is 10.3. The number of fused-ring (bicyclic) bond motifs is 2. The Morgan fingerprint density at radius 1 is 1.44 bits per heavy atom. The van der Waals surface area contributed by atoms with Gasteiger partial charge in [-0.1, -0.05) is 20.8 Å². The number of carboxylic acid groups (broad SMARTS) is 1. The number of carbonyl (C=O) groups is 1. The number of carboxylic acids is 1. The van der Waals surface area contributed by atoms with Crippen molar-refractivity contribution < 1.29 is 9.90 Å². The first-order chi connectivity index (χ1) is 7.36. The monoisotopic (exact) mass is 223 g/mol. The molecule has 3 heteroatoms. The maximum Gasteiger partial charge on any atom is 0.329 e. The molecule has 3 nitrogen and oxygen atoms in total. The maximum atomic E-state index is 10.4. The van der Waals surface area contributed by atoms with Crippen molar-refractivity contribution in [2.75, 3.05) is 0 Å². The molecule has 3 atom stereocenters. The molecule has 0 spiro atoms. The molecule has 0 aromatic heterocycles. The van der Waals surface area contributed by atoms with E-state index in [1.54, 1.807) is 6.20 Å². The second-order valence-electron chi connectivity index (χ2n) is 6.19. The summed E-state index contributed by atoms with van der Waals surface area (Å²) in [6.07, 6.45) is 6.65. The van der Waals surface area contributed by atoms with Gasteiger partial charge in [0.25, 0.3) is 0 Å². The van der Waals surface area contributed by atoms with E-state index in [-0.39, 0.29) is 5.41 Å². The average Bonchev–Trinajstić information content (AvgIpc) is 2.62. The van der Waals surface area contributed by atoms with E-state index in [0.717, 1.165) is 5.92 Å². The average molecular weight is 223 g/mol. The van der Waals surface area contributed by atoms with E-state index < -0.39 is 5.97 Å². The topological polar surface area (TPSA) is 49.3 Å². The Morgan fingerprint density at radius 2 is 2.12 bits per heavy atom. The predicted octanol–water partition coefficient (Wildman–Crippen LogP) is 2.39. The molecule has 0 saturated heterocycles. The van der Waals surface area contributed by atoms with E-state index in [1.807, 2.05) is 0 Å². The summed E-state index contributed by atoms with van der Waals surface area (Å²) in [7, 11) is 0. The lowest BCUT2D eigenvalue weighted by Gasteiger charge is -2.42. The zero-order valence-electron chi connectivity index (χ0n) is 10.3. The third-order valence-electron chi connectivity index (χ3n) is 4.76. The molecule has 2 N–H and O–H groups in total. The third-order valence-corrected chi connectivity index (χ3v) is 4.76. The quantitative estimate of drug-likeness (QED) is 0.722. The largest absolute Gasteiger partial charge is 0.478 e. The van der Waals surface area contributed by atoms with Crippen molar-refractivity contribution in [2.45, 2.75) is 46.1 Å². The molecule has 0 aliphatic heterocycles. The first kappa shape index (κ1) is 11.5. The van der Waals surface area contributed by atoms with Gasteiger partial charge in [0.15, 0.2) is 0 Å². The summed E-state index contributed by atoms with van der Waals surface area (Å²) < 4.78 is 0. The van der Waals surface area contributed by atoms with Gasteiger partial charge < -0.3 is 10.4 Å². The van der Waals surface area contributed by atoms with Crippen LogP contribution in [0.2, 0.25) is 0 Å². The van der Waals surface area contributed by atoms with E-state index in [9.17, 15) is 4.79 Å². The Hall–Kier alpha value is -0.990. The Labute approximate surface area is 96.9 Å². The van der Waals surface area contributed by atoms with Gasteiger partial charge in [0.1, 0.15) is 0 Å². The highest BCUT2D eigenvalue weighted by molar-refractivity contribution is 5.79. The van der Waals surface area contributed by atoms with Crippen molar-refractivity contribution in [3.63, 3.8) is 0 Å². The van der Waals surface area contributed by atoms with Crippen LogP contribution < -0.4 is 5.32 Å². The Kier molecular flexibility index (Phi) is 2.52. The van der Waals surface area contributed by atoms with Crippen LogP contribution in [0.4, 0.5) is 0 Å². The molecule has 2 aliphatic carbocycles. The second kappa shape index (κ2) is 3.51. The highest BCUT2D eigenvalue weighted by atomic mass is 16.4. The minimum atomic E-state index is -0.890. The van der Waals surface area contributed by atoms with E-state index in [2.05, 4.69) is 26.1 Å². The Morgan fingerprint density at radius 3 is 2.62 bits per heavy atom. The van der Waals surface area contributed by atoms with Crippen LogP contribution in [0.15, 0.2) is 12.3 Å². The van der Waals surface area contributed by atoms with Crippen molar-refractivity contribution in [2.24, 2.45) is 16.7 Å². The van der Waals surface area contributed by atoms with Crippen molar-refractivity contribution >= 4 is 5.97 Å². The van der Waals surface area contributed by atoms with Crippen LogP contribution in [0.25, 0.3) is 0 Å². The standard InChI is InChI=1S/C13H21NO2/c1-12(2)9-4-6-13(3,8-9)11(12)14-7-5-10(15)16/h5,7,9,11,14H,4,6,8H2,1-3H3,(H,15,16)/b7-5+. The molecule has 16 heavy (non-hydrogen) atoms. The molecule has 0 radical (unpaired) electrons. The highest BCUT2D eigenvalue weighted by Gasteiger charge is 2.58. The molecule has 0 aromatic rings. The lowest BCUT2D eigenvalue weighted by Crippen LogP contribution is -2.48. The first-order valence-corrected chi connectivity index (χ1v) is 6.02. The summed E-state index contributed by atoms with van der Waals surface area (Å²) in [6, 6.07) is 0.398. The van der Waals surface area contributed by atoms with Crippen molar-refractivity contribution in [1.82, 2.24) is 5.32 Å². The molecular formula is C13H21NO2. The fraction of sp³-hybridized carbons (Fsp3) is 0.769. The minimum Gasteiger partial charge on any atom is -0.478 e. The molecular weight excluding hydrogens is 202 g/mol. The molecule has 2 saturated carbocycles. The fourth-order valence-electron chi connectivity index (χ4n) is 3.93. The zero-order chi connectivity index (χ0) is 12.0. The van der Waals surface area contributed by atoms with Crippen LogP contribution in [-0.2, 0) is 4.79 Å². The van der Waals surface area contributed by atoms with Crippen LogP contribution >= 0.6 is 0 Å².